The number of nitrogens with zero attached hydrogens (tertiary/aromatic N) is 3. The predicted octanol–water partition coefficient (Wildman–Crippen LogP) is 3.19. The third-order valence-corrected chi connectivity index (χ3v) is 5.01. The van der Waals surface area contributed by atoms with Crippen molar-refractivity contribution in [2.45, 2.75) is 26.4 Å². The first-order valence-corrected chi connectivity index (χ1v) is 9.45. The fraction of sp³-hybridized carbons (Fsp3) is 0.611. The van der Waals surface area contributed by atoms with Gasteiger partial charge in [0.15, 0.2) is 5.96 Å². The van der Waals surface area contributed by atoms with Gasteiger partial charge in [0.2, 0.25) is 0 Å². The molecule has 0 bridgehead atoms. The maximum atomic E-state index is 5.43. The highest BCUT2D eigenvalue weighted by atomic mass is 127. The van der Waals surface area contributed by atoms with Crippen LogP contribution in [0.3, 0.4) is 0 Å². The summed E-state index contributed by atoms with van der Waals surface area (Å²) in [6.07, 6.45) is 0. The zero-order valence-corrected chi connectivity index (χ0v) is 19.3. The molecule has 1 aromatic carbocycles. The Hall–Kier alpha value is -0.380. The molecule has 1 aromatic rings. The van der Waals surface area contributed by atoms with E-state index in [1.807, 2.05) is 6.07 Å². The van der Waals surface area contributed by atoms with Crippen LogP contribution in [0, 0.1) is 0 Å². The lowest BCUT2D eigenvalue weighted by atomic mass is 10.2. The van der Waals surface area contributed by atoms with Gasteiger partial charge in [-0.3, -0.25) is 9.89 Å². The second kappa shape index (κ2) is 12.1. The molecule has 1 fully saturated rings. The van der Waals surface area contributed by atoms with E-state index in [0.717, 1.165) is 56.4 Å². The minimum absolute atomic E-state index is 0. The van der Waals surface area contributed by atoms with Crippen molar-refractivity contribution in [3.8, 4) is 0 Å². The molecule has 1 aliphatic rings. The Bertz CT molecular complexity index is 538. The van der Waals surface area contributed by atoms with Crippen LogP contribution in [0.25, 0.3) is 0 Å². The maximum absolute atomic E-state index is 5.43. The van der Waals surface area contributed by atoms with Crippen molar-refractivity contribution < 1.29 is 4.74 Å². The van der Waals surface area contributed by atoms with E-state index in [1.54, 1.807) is 0 Å². The lowest BCUT2D eigenvalue weighted by molar-refractivity contribution is 0.0220. The fourth-order valence-corrected chi connectivity index (χ4v) is 3.19. The standard InChI is InChI=1S/C18H29BrN4O.HI/c1-4-20-18(21-13-15(2)23-9-11-24-12-10-23)22(3)14-16-7-5-6-8-17(16)19;/h5-8,15H,4,9-14H2,1-3H3,(H,20,21);1H. The van der Waals surface area contributed by atoms with Gasteiger partial charge in [0.1, 0.15) is 0 Å². The molecule has 0 amide bonds. The third kappa shape index (κ3) is 7.40. The van der Waals surface area contributed by atoms with E-state index in [2.05, 4.69) is 70.1 Å². The van der Waals surface area contributed by atoms with Crippen molar-refractivity contribution in [2.24, 2.45) is 4.99 Å². The van der Waals surface area contributed by atoms with E-state index in [1.165, 1.54) is 5.56 Å². The average molecular weight is 525 g/mol. The molecule has 0 aliphatic carbocycles. The Morgan fingerprint density at radius 1 is 1.36 bits per heavy atom. The van der Waals surface area contributed by atoms with Gasteiger partial charge in [-0.15, -0.1) is 24.0 Å². The van der Waals surface area contributed by atoms with Gasteiger partial charge in [0, 0.05) is 43.7 Å². The van der Waals surface area contributed by atoms with Crippen LogP contribution in [0.5, 0.6) is 0 Å². The second-order valence-corrected chi connectivity index (χ2v) is 6.99. The van der Waals surface area contributed by atoms with Crippen molar-refractivity contribution in [3.63, 3.8) is 0 Å². The molecule has 1 N–H and O–H groups in total. The highest BCUT2D eigenvalue weighted by Gasteiger charge is 2.17. The van der Waals surface area contributed by atoms with Gasteiger partial charge >= 0.3 is 0 Å². The zero-order chi connectivity index (χ0) is 17.4. The molecule has 0 aromatic heterocycles. The van der Waals surface area contributed by atoms with Gasteiger partial charge in [0.05, 0.1) is 19.8 Å². The molecule has 1 heterocycles. The fourth-order valence-electron chi connectivity index (χ4n) is 2.78. The number of halogens is 2. The van der Waals surface area contributed by atoms with E-state index < -0.39 is 0 Å². The van der Waals surface area contributed by atoms with Crippen LogP contribution in [0.2, 0.25) is 0 Å². The third-order valence-electron chi connectivity index (χ3n) is 4.24. The molecular formula is C18H30BrIN4O. The number of ether oxygens (including phenoxy) is 1. The molecular weight excluding hydrogens is 495 g/mol. The number of guanidine groups is 1. The topological polar surface area (TPSA) is 40.1 Å². The van der Waals surface area contributed by atoms with E-state index in [4.69, 9.17) is 9.73 Å². The molecule has 0 radical (unpaired) electrons. The molecule has 2 rings (SSSR count). The molecule has 1 atom stereocenters. The Morgan fingerprint density at radius 2 is 2.04 bits per heavy atom. The van der Waals surface area contributed by atoms with E-state index in [9.17, 15) is 0 Å². The summed E-state index contributed by atoms with van der Waals surface area (Å²) in [5.41, 5.74) is 1.26. The van der Waals surface area contributed by atoms with E-state index in [0.29, 0.717) is 6.04 Å². The SMILES string of the molecule is CCNC(=NCC(C)N1CCOCC1)N(C)Cc1ccccc1Br.I. The summed E-state index contributed by atoms with van der Waals surface area (Å²) < 4.78 is 6.56. The van der Waals surface area contributed by atoms with Crippen LogP contribution in [0.15, 0.2) is 33.7 Å². The van der Waals surface area contributed by atoms with Crippen LogP contribution in [0.1, 0.15) is 19.4 Å². The number of nitrogens with one attached hydrogen (secondary N) is 1. The molecule has 0 saturated carbocycles. The highest BCUT2D eigenvalue weighted by molar-refractivity contribution is 14.0. The number of hydrogen-bond donors (Lipinski definition) is 1. The molecule has 1 saturated heterocycles. The molecule has 142 valence electrons. The molecule has 0 spiro atoms. The first-order chi connectivity index (χ1) is 11.6. The van der Waals surface area contributed by atoms with Crippen LogP contribution in [-0.4, -0.2) is 68.2 Å². The van der Waals surface area contributed by atoms with Gasteiger partial charge in [0.25, 0.3) is 0 Å². The van der Waals surface area contributed by atoms with Gasteiger partial charge < -0.3 is 15.0 Å². The smallest absolute Gasteiger partial charge is 0.194 e. The quantitative estimate of drug-likeness (QED) is 0.352. The summed E-state index contributed by atoms with van der Waals surface area (Å²) in [6, 6.07) is 8.75. The first kappa shape index (κ1) is 22.7. The summed E-state index contributed by atoms with van der Waals surface area (Å²) in [5, 5.41) is 3.40. The van der Waals surface area contributed by atoms with Gasteiger partial charge in [-0.2, -0.15) is 0 Å². The predicted molar refractivity (Wildman–Crippen MR) is 119 cm³/mol. The summed E-state index contributed by atoms with van der Waals surface area (Å²) in [7, 11) is 2.08. The van der Waals surface area contributed by atoms with Gasteiger partial charge in [-0.05, 0) is 25.5 Å². The summed E-state index contributed by atoms with van der Waals surface area (Å²) in [4.78, 5) is 9.47. The molecule has 1 aliphatic heterocycles. The van der Waals surface area contributed by atoms with E-state index >= 15 is 0 Å². The molecule has 5 nitrogen and oxygen atoms in total. The van der Waals surface area contributed by atoms with Crippen LogP contribution in [-0.2, 0) is 11.3 Å². The number of hydrogen-bond acceptors (Lipinski definition) is 3. The van der Waals surface area contributed by atoms with Crippen molar-refractivity contribution in [1.82, 2.24) is 15.1 Å². The van der Waals surface area contributed by atoms with Crippen molar-refractivity contribution >= 4 is 45.9 Å². The van der Waals surface area contributed by atoms with Crippen molar-refractivity contribution in [1.29, 1.82) is 0 Å². The summed E-state index contributed by atoms with van der Waals surface area (Å²) in [6.45, 7) is 10.5. The molecule has 25 heavy (non-hydrogen) atoms. The van der Waals surface area contributed by atoms with Crippen LogP contribution >= 0.6 is 39.9 Å². The second-order valence-electron chi connectivity index (χ2n) is 6.14. The maximum Gasteiger partial charge on any atom is 0.194 e. The lowest BCUT2D eigenvalue weighted by Crippen LogP contribution is -2.44. The largest absolute Gasteiger partial charge is 0.379 e. The van der Waals surface area contributed by atoms with E-state index in [-0.39, 0.29) is 24.0 Å². The highest BCUT2D eigenvalue weighted by Crippen LogP contribution is 2.17. The minimum atomic E-state index is 0. The van der Waals surface area contributed by atoms with Gasteiger partial charge in [-0.25, -0.2) is 0 Å². The Kier molecular flexibility index (Phi) is 11.0. The van der Waals surface area contributed by atoms with Crippen LogP contribution < -0.4 is 5.32 Å². The van der Waals surface area contributed by atoms with Crippen molar-refractivity contribution in [3.05, 3.63) is 34.3 Å². The monoisotopic (exact) mass is 524 g/mol. The number of morpholine rings is 1. The Labute approximate surface area is 177 Å². The summed E-state index contributed by atoms with van der Waals surface area (Å²) >= 11 is 3.62. The Balaban J connectivity index is 0.00000312. The van der Waals surface area contributed by atoms with Crippen molar-refractivity contribution in [2.75, 3.05) is 46.4 Å². The molecule has 7 heteroatoms. The number of aliphatic imine (C=N–C) groups is 1. The minimum Gasteiger partial charge on any atom is -0.379 e. The normalized spacial score (nSPS) is 16.9. The number of rotatable bonds is 6. The average Bonchev–Trinajstić information content (AvgIpc) is 2.61. The molecule has 1 unspecified atom stereocenters. The van der Waals surface area contributed by atoms with Gasteiger partial charge in [-0.1, -0.05) is 34.1 Å². The zero-order valence-electron chi connectivity index (χ0n) is 15.4. The Morgan fingerprint density at radius 3 is 2.68 bits per heavy atom. The van der Waals surface area contributed by atoms with Crippen LogP contribution in [0.4, 0.5) is 0 Å². The number of benzene rings is 1. The first-order valence-electron chi connectivity index (χ1n) is 8.66. The summed E-state index contributed by atoms with van der Waals surface area (Å²) in [5.74, 6) is 0.952. The lowest BCUT2D eigenvalue weighted by Gasteiger charge is -2.32.